The summed E-state index contributed by atoms with van der Waals surface area (Å²) in [5, 5.41) is 8.62. The molecule has 1 aliphatic heterocycles. The molecule has 12 rings (SSSR count). The van der Waals surface area contributed by atoms with E-state index in [0.29, 0.717) is 0 Å². The average Bonchev–Trinajstić information content (AvgIpc) is 3.69. The van der Waals surface area contributed by atoms with Crippen molar-refractivity contribution in [1.29, 1.82) is 0 Å². The summed E-state index contributed by atoms with van der Waals surface area (Å²) < 4.78 is 4.85. The number of rotatable bonds is 2. The van der Waals surface area contributed by atoms with Crippen molar-refractivity contribution in [2.24, 2.45) is 0 Å². The van der Waals surface area contributed by atoms with E-state index in [1.165, 1.54) is 87.9 Å². The number of fused-ring (bicyclic) bond motifs is 14. The van der Waals surface area contributed by atoms with Crippen LogP contribution in [-0.2, 0) is 0 Å². The highest BCUT2D eigenvalue weighted by Crippen LogP contribution is 2.48. The topological polar surface area (TPSA) is 22.8 Å². The second-order valence-electron chi connectivity index (χ2n) is 14.0. The number of benzene rings is 8. The number of pyridine rings is 1. The van der Waals surface area contributed by atoms with Crippen LogP contribution in [0.2, 0.25) is 0 Å². The van der Waals surface area contributed by atoms with Crippen LogP contribution in [-0.4, -0.2) is 14.1 Å². The third-order valence-corrected chi connectivity index (χ3v) is 11.2. The van der Waals surface area contributed by atoms with Crippen molar-refractivity contribution in [3.8, 4) is 44.9 Å². The lowest BCUT2D eigenvalue weighted by Gasteiger charge is -2.13. The van der Waals surface area contributed by atoms with Gasteiger partial charge in [0.1, 0.15) is 5.82 Å². The van der Waals surface area contributed by atoms with Gasteiger partial charge >= 0.3 is 0 Å². The minimum atomic E-state index is 0.978. The summed E-state index contributed by atoms with van der Waals surface area (Å²) in [6, 6.07) is 64.3. The molecule has 0 saturated heterocycles. The third kappa shape index (κ3) is 3.72. The van der Waals surface area contributed by atoms with Gasteiger partial charge in [0, 0.05) is 49.1 Å². The van der Waals surface area contributed by atoms with E-state index in [4.69, 9.17) is 4.98 Å². The molecule has 0 fully saturated rings. The molecule has 0 spiro atoms. The minimum Gasteiger partial charge on any atom is -0.309 e. The predicted octanol–water partition coefficient (Wildman–Crippen LogP) is 12.9. The summed E-state index contributed by atoms with van der Waals surface area (Å²) in [7, 11) is 0. The zero-order valence-corrected chi connectivity index (χ0v) is 28.1. The Labute approximate surface area is 299 Å². The molecule has 52 heavy (non-hydrogen) atoms. The summed E-state index contributed by atoms with van der Waals surface area (Å²) in [5.74, 6) is 0.978. The maximum Gasteiger partial charge on any atom is 0.146 e. The first kappa shape index (κ1) is 27.8. The molecule has 8 aromatic carbocycles. The van der Waals surface area contributed by atoms with Gasteiger partial charge in [-0.1, -0.05) is 121 Å². The molecular weight excluding hydrogens is 631 g/mol. The van der Waals surface area contributed by atoms with Crippen LogP contribution >= 0.6 is 0 Å². The fourth-order valence-electron chi connectivity index (χ4n) is 8.92. The van der Waals surface area contributed by atoms with Crippen molar-refractivity contribution in [1.82, 2.24) is 14.1 Å². The van der Waals surface area contributed by atoms with Crippen molar-refractivity contribution < 1.29 is 0 Å². The SMILES string of the molecule is c1ccc(-n2c3ccc(-c4cc5c6c(c4)c4ccccc4n6-c4nc6ccccc6cc4-c4ccccc4-5)cc3c3ccc4ccccc4c32)cc1. The monoisotopic (exact) mass is 659 g/mol. The van der Waals surface area contributed by atoms with Crippen molar-refractivity contribution in [3.63, 3.8) is 0 Å². The zero-order valence-electron chi connectivity index (χ0n) is 28.1. The molecule has 240 valence electrons. The summed E-state index contributed by atoms with van der Waals surface area (Å²) in [6.07, 6.45) is 0. The van der Waals surface area contributed by atoms with Gasteiger partial charge in [-0.05, 0) is 82.2 Å². The third-order valence-electron chi connectivity index (χ3n) is 11.2. The first-order valence-corrected chi connectivity index (χ1v) is 17.9. The number of hydrogen-bond acceptors (Lipinski definition) is 1. The Morgan fingerprint density at radius 3 is 1.92 bits per heavy atom. The van der Waals surface area contributed by atoms with Gasteiger partial charge in [-0.25, -0.2) is 4.98 Å². The second-order valence-corrected chi connectivity index (χ2v) is 14.0. The van der Waals surface area contributed by atoms with Crippen LogP contribution in [0.5, 0.6) is 0 Å². The van der Waals surface area contributed by atoms with E-state index in [0.717, 1.165) is 22.3 Å². The largest absolute Gasteiger partial charge is 0.309 e. The predicted molar refractivity (Wildman–Crippen MR) is 218 cm³/mol. The highest BCUT2D eigenvalue weighted by molar-refractivity contribution is 6.20. The number of aromatic nitrogens is 3. The summed E-state index contributed by atoms with van der Waals surface area (Å²) in [4.78, 5) is 5.37. The van der Waals surface area contributed by atoms with Crippen molar-refractivity contribution in [3.05, 3.63) is 176 Å². The van der Waals surface area contributed by atoms with Gasteiger partial charge in [0.2, 0.25) is 0 Å². The van der Waals surface area contributed by atoms with Gasteiger partial charge in [-0.15, -0.1) is 0 Å². The van der Waals surface area contributed by atoms with Crippen molar-refractivity contribution >= 4 is 65.3 Å². The Morgan fingerprint density at radius 2 is 1.04 bits per heavy atom. The Balaban J connectivity index is 1.19. The molecular formula is C49H29N3. The van der Waals surface area contributed by atoms with Gasteiger partial charge < -0.3 is 4.57 Å². The highest BCUT2D eigenvalue weighted by atomic mass is 15.1. The molecule has 1 aliphatic rings. The van der Waals surface area contributed by atoms with Crippen LogP contribution < -0.4 is 0 Å². The Kier molecular flexibility index (Phi) is 5.50. The van der Waals surface area contributed by atoms with Crippen LogP contribution in [0.15, 0.2) is 176 Å². The van der Waals surface area contributed by atoms with E-state index in [2.05, 4.69) is 185 Å². The molecule has 3 aromatic heterocycles. The van der Waals surface area contributed by atoms with E-state index in [9.17, 15) is 0 Å². The van der Waals surface area contributed by atoms with Gasteiger partial charge in [-0.2, -0.15) is 0 Å². The lowest BCUT2D eigenvalue weighted by molar-refractivity contribution is 1.11. The van der Waals surface area contributed by atoms with Crippen LogP contribution in [0.3, 0.4) is 0 Å². The summed E-state index contributed by atoms with van der Waals surface area (Å²) in [6.45, 7) is 0. The van der Waals surface area contributed by atoms with Crippen LogP contribution in [0.4, 0.5) is 0 Å². The lowest BCUT2D eigenvalue weighted by atomic mass is 9.91. The van der Waals surface area contributed by atoms with Gasteiger partial charge in [-0.3, -0.25) is 4.57 Å². The quantitative estimate of drug-likeness (QED) is 0.181. The van der Waals surface area contributed by atoms with Crippen LogP contribution in [0, 0.1) is 0 Å². The van der Waals surface area contributed by atoms with Gasteiger partial charge in [0.05, 0.1) is 27.6 Å². The average molecular weight is 660 g/mol. The molecule has 0 unspecified atom stereocenters. The second kappa shape index (κ2) is 10.3. The van der Waals surface area contributed by atoms with Crippen LogP contribution in [0.25, 0.3) is 110 Å². The smallest absolute Gasteiger partial charge is 0.146 e. The molecule has 3 heteroatoms. The fraction of sp³-hybridized carbons (Fsp3) is 0. The van der Waals surface area contributed by atoms with E-state index in [1.807, 2.05) is 0 Å². The number of nitrogens with zero attached hydrogens (tertiary/aromatic N) is 3. The lowest BCUT2D eigenvalue weighted by Crippen LogP contribution is -2.00. The van der Waals surface area contributed by atoms with Crippen LogP contribution in [0.1, 0.15) is 0 Å². The summed E-state index contributed by atoms with van der Waals surface area (Å²) >= 11 is 0. The molecule has 0 amide bonds. The first-order chi connectivity index (χ1) is 25.8. The number of hydrogen-bond donors (Lipinski definition) is 0. The molecule has 11 aromatic rings. The van der Waals surface area contributed by atoms with Crippen molar-refractivity contribution in [2.75, 3.05) is 0 Å². The minimum absolute atomic E-state index is 0.978. The molecule has 0 saturated carbocycles. The Bertz CT molecular complexity index is 3290. The normalized spacial score (nSPS) is 12.2. The molecule has 0 bridgehead atoms. The van der Waals surface area contributed by atoms with E-state index in [-0.39, 0.29) is 0 Å². The maximum absolute atomic E-state index is 5.37. The molecule has 0 radical (unpaired) electrons. The highest BCUT2D eigenvalue weighted by Gasteiger charge is 2.27. The first-order valence-electron chi connectivity index (χ1n) is 17.9. The standard InChI is InChI=1S/C49H29N3/c1-2-14-34(15-3-1)51-46-25-23-31(26-40(46)39-24-22-30-12-4-6-16-35(30)47(39)51)33-28-41-36-17-7-8-18-37(36)43-27-32-13-5-10-20-44(32)50-49(43)52-45-21-11-9-19-38(45)42(29-33)48(41)52/h1-29H. The van der Waals surface area contributed by atoms with Crippen molar-refractivity contribution in [2.45, 2.75) is 0 Å². The summed E-state index contributed by atoms with van der Waals surface area (Å²) in [5.41, 5.74) is 14.2. The molecule has 4 heterocycles. The van der Waals surface area contributed by atoms with E-state index >= 15 is 0 Å². The Hall–Kier alpha value is -6.97. The molecule has 0 aliphatic carbocycles. The zero-order chi connectivity index (χ0) is 33.9. The van der Waals surface area contributed by atoms with Gasteiger partial charge in [0.15, 0.2) is 0 Å². The Morgan fingerprint density at radius 1 is 0.346 bits per heavy atom. The van der Waals surface area contributed by atoms with E-state index in [1.54, 1.807) is 0 Å². The molecule has 0 N–H and O–H groups in total. The fourth-order valence-corrected chi connectivity index (χ4v) is 8.92. The van der Waals surface area contributed by atoms with E-state index < -0.39 is 0 Å². The van der Waals surface area contributed by atoms with Gasteiger partial charge in [0.25, 0.3) is 0 Å². The maximum atomic E-state index is 5.37. The molecule has 3 nitrogen and oxygen atoms in total. The molecule has 0 atom stereocenters. The number of para-hydroxylation sites is 3.